The van der Waals surface area contributed by atoms with Crippen LogP contribution in [0.3, 0.4) is 0 Å². The average molecular weight is 318 g/mol. The van der Waals surface area contributed by atoms with E-state index < -0.39 is 0 Å². The largest absolute Gasteiger partial charge is 0.361 e. The van der Waals surface area contributed by atoms with E-state index in [0.29, 0.717) is 24.5 Å². The van der Waals surface area contributed by atoms with Gasteiger partial charge in [0.15, 0.2) is 0 Å². The van der Waals surface area contributed by atoms with Gasteiger partial charge < -0.3 is 10.3 Å². The van der Waals surface area contributed by atoms with Crippen LogP contribution >= 0.6 is 11.6 Å². The fourth-order valence-electron chi connectivity index (χ4n) is 2.35. The van der Waals surface area contributed by atoms with E-state index in [-0.39, 0.29) is 5.91 Å². The minimum absolute atomic E-state index is 0.00775. The van der Waals surface area contributed by atoms with Crippen molar-refractivity contribution >= 4 is 28.4 Å². The number of aromatic nitrogens is 4. The van der Waals surface area contributed by atoms with Gasteiger partial charge in [0.1, 0.15) is 12.7 Å². The number of aromatic amines is 1. The van der Waals surface area contributed by atoms with Crippen LogP contribution in [0.2, 0.25) is 5.02 Å². The second-order valence-corrected chi connectivity index (χ2v) is 5.45. The number of hydrogen-bond acceptors (Lipinski definition) is 3. The molecule has 3 aromatic rings. The number of fused-ring (bicyclic) bond motifs is 1. The lowest BCUT2D eigenvalue weighted by Gasteiger charge is -2.05. The maximum Gasteiger partial charge on any atom is 0.221 e. The summed E-state index contributed by atoms with van der Waals surface area (Å²) in [4.78, 5) is 18.8. The molecule has 0 atom stereocenters. The van der Waals surface area contributed by atoms with Crippen LogP contribution in [0.25, 0.3) is 10.9 Å². The molecule has 1 aromatic carbocycles. The van der Waals surface area contributed by atoms with Crippen molar-refractivity contribution in [1.82, 2.24) is 25.1 Å². The summed E-state index contributed by atoms with van der Waals surface area (Å²) < 4.78 is 1.64. The monoisotopic (exact) mass is 317 g/mol. The van der Waals surface area contributed by atoms with Crippen LogP contribution in [0.1, 0.15) is 12.0 Å². The molecule has 0 fully saturated rings. The van der Waals surface area contributed by atoms with E-state index in [0.717, 1.165) is 22.9 Å². The van der Waals surface area contributed by atoms with E-state index >= 15 is 0 Å². The molecule has 2 N–H and O–H groups in total. The Hall–Kier alpha value is -2.34. The zero-order chi connectivity index (χ0) is 15.4. The fraction of sp³-hybridized carbons (Fsp3) is 0.267. The van der Waals surface area contributed by atoms with Gasteiger partial charge in [0.05, 0.1) is 6.54 Å². The van der Waals surface area contributed by atoms with Crippen LogP contribution < -0.4 is 5.32 Å². The van der Waals surface area contributed by atoms with Crippen LogP contribution in [-0.4, -0.2) is 32.2 Å². The highest BCUT2D eigenvalue weighted by molar-refractivity contribution is 6.31. The number of amides is 1. The Kier molecular flexibility index (Phi) is 4.39. The lowest BCUT2D eigenvalue weighted by atomic mass is 10.1. The lowest BCUT2D eigenvalue weighted by Crippen LogP contribution is -2.26. The van der Waals surface area contributed by atoms with Crippen molar-refractivity contribution in [3.63, 3.8) is 0 Å². The van der Waals surface area contributed by atoms with Gasteiger partial charge in [-0.25, -0.2) is 4.98 Å². The maximum absolute atomic E-state index is 11.8. The third kappa shape index (κ3) is 3.46. The van der Waals surface area contributed by atoms with E-state index in [1.54, 1.807) is 11.0 Å². The van der Waals surface area contributed by atoms with Gasteiger partial charge in [-0.15, -0.1) is 0 Å². The van der Waals surface area contributed by atoms with Gasteiger partial charge in [-0.1, -0.05) is 11.6 Å². The summed E-state index contributed by atoms with van der Waals surface area (Å²) in [6, 6.07) is 5.75. The molecule has 114 valence electrons. The molecule has 0 saturated heterocycles. The molecule has 0 aliphatic heterocycles. The SMILES string of the molecule is O=C(CCn1cncn1)NCCc1c[nH]c2ccc(Cl)cc12. The quantitative estimate of drug-likeness (QED) is 0.731. The number of hydrogen-bond donors (Lipinski definition) is 2. The van der Waals surface area contributed by atoms with Crippen LogP contribution in [0, 0.1) is 0 Å². The van der Waals surface area contributed by atoms with Gasteiger partial charge in [-0.05, 0) is 30.2 Å². The second kappa shape index (κ2) is 6.62. The molecule has 0 aliphatic carbocycles. The van der Waals surface area contributed by atoms with Crippen molar-refractivity contribution in [2.24, 2.45) is 0 Å². The number of H-pyrrole nitrogens is 1. The number of carbonyl (C=O) groups is 1. The van der Waals surface area contributed by atoms with Gasteiger partial charge in [-0.2, -0.15) is 5.10 Å². The molecule has 0 radical (unpaired) electrons. The van der Waals surface area contributed by atoms with E-state index in [1.807, 2.05) is 24.4 Å². The molecule has 0 unspecified atom stereocenters. The minimum atomic E-state index is 0.00775. The standard InChI is InChI=1S/C15H16ClN5O/c16-12-1-2-14-13(7-12)11(8-19-14)3-5-18-15(22)4-6-21-10-17-9-20-21/h1-2,7-10,19H,3-6H2,(H,18,22). The average Bonchev–Trinajstić information content (AvgIpc) is 3.15. The summed E-state index contributed by atoms with van der Waals surface area (Å²) in [6.07, 6.45) is 6.17. The number of nitrogens with one attached hydrogen (secondary N) is 2. The number of aryl methyl sites for hydroxylation is 1. The number of benzene rings is 1. The Morgan fingerprint density at radius 3 is 3.14 bits per heavy atom. The van der Waals surface area contributed by atoms with Crippen LogP contribution in [0.4, 0.5) is 0 Å². The van der Waals surface area contributed by atoms with Crippen molar-refractivity contribution in [2.75, 3.05) is 6.54 Å². The first-order chi connectivity index (χ1) is 10.7. The first-order valence-corrected chi connectivity index (χ1v) is 7.45. The summed E-state index contributed by atoms with van der Waals surface area (Å²) in [6.45, 7) is 1.13. The first-order valence-electron chi connectivity index (χ1n) is 7.07. The Bertz CT molecular complexity index is 765. The molecule has 1 amide bonds. The normalized spacial score (nSPS) is 11.0. The molecule has 7 heteroatoms. The summed E-state index contributed by atoms with van der Waals surface area (Å²) in [5.74, 6) is 0.00775. The third-order valence-electron chi connectivity index (χ3n) is 3.48. The highest BCUT2D eigenvalue weighted by Gasteiger charge is 2.06. The molecule has 3 rings (SSSR count). The molecule has 22 heavy (non-hydrogen) atoms. The summed E-state index contributed by atoms with van der Waals surface area (Å²) in [5.41, 5.74) is 2.20. The topological polar surface area (TPSA) is 75.6 Å². The number of halogens is 1. The van der Waals surface area contributed by atoms with Crippen molar-refractivity contribution in [2.45, 2.75) is 19.4 Å². The summed E-state index contributed by atoms with van der Waals surface area (Å²) >= 11 is 6.03. The zero-order valence-corrected chi connectivity index (χ0v) is 12.7. The summed E-state index contributed by atoms with van der Waals surface area (Å²) in [5, 5.41) is 8.69. The molecule has 2 heterocycles. The molecule has 0 spiro atoms. The number of carbonyl (C=O) groups excluding carboxylic acids is 1. The molecule has 0 saturated carbocycles. The zero-order valence-electron chi connectivity index (χ0n) is 11.9. The van der Waals surface area contributed by atoms with E-state index in [9.17, 15) is 4.79 Å². The molecule has 6 nitrogen and oxygen atoms in total. The van der Waals surface area contributed by atoms with Gasteiger partial charge >= 0.3 is 0 Å². The lowest BCUT2D eigenvalue weighted by molar-refractivity contribution is -0.121. The number of rotatable bonds is 6. The third-order valence-corrected chi connectivity index (χ3v) is 3.72. The highest BCUT2D eigenvalue weighted by atomic mass is 35.5. The summed E-state index contributed by atoms with van der Waals surface area (Å²) in [7, 11) is 0. The minimum Gasteiger partial charge on any atom is -0.361 e. The smallest absolute Gasteiger partial charge is 0.221 e. The highest BCUT2D eigenvalue weighted by Crippen LogP contribution is 2.22. The van der Waals surface area contributed by atoms with Gasteiger partial charge in [-0.3, -0.25) is 9.48 Å². The number of nitrogens with zero attached hydrogens (tertiary/aromatic N) is 3. The molecular weight excluding hydrogens is 302 g/mol. The Balaban J connectivity index is 1.49. The fourth-order valence-corrected chi connectivity index (χ4v) is 2.52. The first kappa shape index (κ1) is 14.6. The molecule has 0 aliphatic rings. The Labute approximate surface area is 132 Å². The predicted molar refractivity (Wildman–Crippen MR) is 84.7 cm³/mol. The molecule has 0 bridgehead atoms. The maximum atomic E-state index is 11.8. The molecular formula is C15H16ClN5O. The molecule has 2 aromatic heterocycles. The Morgan fingerprint density at radius 2 is 2.32 bits per heavy atom. The van der Waals surface area contributed by atoms with Crippen LogP contribution in [0.5, 0.6) is 0 Å². The van der Waals surface area contributed by atoms with Crippen molar-refractivity contribution < 1.29 is 4.79 Å². The van der Waals surface area contributed by atoms with Crippen molar-refractivity contribution in [3.8, 4) is 0 Å². The van der Waals surface area contributed by atoms with Gasteiger partial charge in [0.25, 0.3) is 0 Å². The van der Waals surface area contributed by atoms with E-state index in [4.69, 9.17) is 11.6 Å². The van der Waals surface area contributed by atoms with Crippen LogP contribution in [0.15, 0.2) is 37.1 Å². The van der Waals surface area contributed by atoms with Crippen LogP contribution in [-0.2, 0) is 17.8 Å². The van der Waals surface area contributed by atoms with E-state index in [1.165, 1.54) is 6.33 Å². The van der Waals surface area contributed by atoms with Gasteiger partial charge in [0.2, 0.25) is 5.91 Å². The predicted octanol–water partition coefficient (Wildman–Crippen LogP) is 2.16. The van der Waals surface area contributed by atoms with E-state index in [2.05, 4.69) is 20.4 Å². The Morgan fingerprint density at radius 1 is 1.41 bits per heavy atom. The van der Waals surface area contributed by atoms with Crippen molar-refractivity contribution in [1.29, 1.82) is 0 Å². The van der Waals surface area contributed by atoms with Crippen molar-refractivity contribution in [3.05, 3.63) is 47.6 Å². The van der Waals surface area contributed by atoms with Gasteiger partial charge in [0, 0.05) is 35.1 Å². The second-order valence-electron chi connectivity index (χ2n) is 5.01.